The number of esters is 2. The zero-order valence-electron chi connectivity index (χ0n) is 12.4. The van der Waals surface area contributed by atoms with E-state index < -0.39 is 11.9 Å². The molecule has 0 bridgehead atoms. The third-order valence-corrected chi connectivity index (χ3v) is 3.15. The van der Waals surface area contributed by atoms with Gasteiger partial charge in [-0.05, 0) is 11.1 Å². The van der Waals surface area contributed by atoms with Gasteiger partial charge in [0, 0.05) is 0 Å². The first kappa shape index (κ1) is 15.5. The van der Waals surface area contributed by atoms with Crippen molar-refractivity contribution < 1.29 is 19.1 Å². The summed E-state index contributed by atoms with van der Waals surface area (Å²) in [6, 6.07) is 17.8. The molecular weight excluding hydrogens is 280 g/mol. The van der Waals surface area contributed by atoms with Crippen LogP contribution in [0.15, 0.2) is 60.7 Å². The van der Waals surface area contributed by atoms with Crippen LogP contribution in [0.3, 0.4) is 0 Å². The van der Waals surface area contributed by atoms with Gasteiger partial charge in [-0.2, -0.15) is 0 Å². The zero-order valence-corrected chi connectivity index (χ0v) is 12.4. The van der Waals surface area contributed by atoms with E-state index in [1.807, 2.05) is 12.1 Å². The van der Waals surface area contributed by atoms with Crippen LogP contribution in [0.4, 0.5) is 0 Å². The molecule has 0 atom stereocenters. The van der Waals surface area contributed by atoms with E-state index >= 15 is 0 Å². The maximum Gasteiger partial charge on any atom is 0.339 e. The van der Waals surface area contributed by atoms with Crippen LogP contribution in [0.2, 0.25) is 0 Å². The van der Waals surface area contributed by atoms with Gasteiger partial charge in [0.15, 0.2) is 0 Å². The average molecular weight is 296 g/mol. The normalized spacial score (nSPS) is 11.4. The molecule has 2 rings (SSSR count). The molecule has 0 saturated carbocycles. The van der Waals surface area contributed by atoms with Crippen molar-refractivity contribution in [2.24, 2.45) is 0 Å². The average Bonchev–Trinajstić information content (AvgIpc) is 2.59. The molecule has 4 heteroatoms. The minimum absolute atomic E-state index is 0.182. The molecule has 0 N–H and O–H groups in total. The quantitative estimate of drug-likeness (QED) is 0.494. The second-order valence-electron chi connectivity index (χ2n) is 4.47. The monoisotopic (exact) mass is 296 g/mol. The number of methoxy groups -OCH3 is 2. The molecule has 0 amide bonds. The Morgan fingerprint density at radius 2 is 0.955 bits per heavy atom. The molecule has 0 aliphatic rings. The fourth-order valence-corrected chi connectivity index (χ4v) is 2.14. The summed E-state index contributed by atoms with van der Waals surface area (Å²) in [5.74, 6) is -1.18. The van der Waals surface area contributed by atoms with Gasteiger partial charge >= 0.3 is 11.9 Å². The molecule has 4 nitrogen and oxygen atoms in total. The fraction of sp³-hybridized carbons (Fsp3) is 0.111. The largest absolute Gasteiger partial charge is 0.465 e. The predicted octanol–water partition coefficient (Wildman–Crippen LogP) is 2.94. The Labute approximate surface area is 129 Å². The number of carbonyl (C=O) groups excluding carboxylic acids is 2. The third-order valence-electron chi connectivity index (χ3n) is 3.15. The standard InChI is InChI=1S/C18H16O4/c1-21-17(19)15(13-9-5-3-6-10-13)16(18(20)22-2)14-11-7-4-8-12-14/h3-12H,1-2H3/b16-15+. The van der Waals surface area contributed by atoms with Crippen LogP contribution < -0.4 is 0 Å². The highest BCUT2D eigenvalue weighted by Gasteiger charge is 2.25. The van der Waals surface area contributed by atoms with E-state index in [0.717, 1.165) is 0 Å². The van der Waals surface area contributed by atoms with Gasteiger partial charge in [0.05, 0.1) is 25.4 Å². The lowest BCUT2D eigenvalue weighted by Gasteiger charge is -2.13. The van der Waals surface area contributed by atoms with Crippen molar-refractivity contribution >= 4 is 23.1 Å². The molecule has 0 aliphatic heterocycles. The Kier molecular flexibility index (Phi) is 5.09. The minimum Gasteiger partial charge on any atom is -0.465 e. The Balaban J connectivity index is 2.76. The summed E-state index contributed by atoms with van der Waals surface area (Å²) in [5.41, 5.74) is 1.56. The van der Waals surface area contributed by atoms with E-state index in [9.17, 15) is 9.59 Å². The topological polar surface area (TPSA) is 52.6 Å². The second kappa shape index (κ2) is 7.22. The van der Waals surface area contributed by atoms with Crippen LogP contribution in [0, 0.1) is 0 Å². The highest BCUT2D eigenvalue weighted by atomic mass is 16.5. The van der Waals surface area contributed by atoms with Crippen molar-refractivity contribution in [3.8, 4) is 0 Å². The van der Waals surface area contributed by atoms with Crippen LogP contribution in [-0.2, 0) is 19.1 Å². The molecule has 0 aliphatic carbocycles. The van der Waals surface area contributed by atoms with Crippen LogP contribution in [0.1, 0.15) is 11.1 Å². The predicted molar refractivity (Wildman–Crippen MR) is 83.7 cm³/mol. The summed E-state index contributed by atoms with van der Waals surface area (Å²) in [4.78, 5) is 24.5. The van der Waals surface area contributed by atoms with Crippen LogP contribution >= 0.6 is 0 Å². The van der Waals surface area contributed by atoms with Crippen molar-refractivity contribution in [2.45, 2.75) is 0 Å². The molecule has 0 aromatic heterocycles. The first-order valence-corrected chi connectivity index (χ1v) is 6.70. The molecule has 112 valence electrons. The van der Waals surface area contributed by atoms with E-state index in [0.29, 0.717) is 11.1 Å². The number of hydrogen-bond acceptors (Lipinski definition) is 4. The highest BCUT2D eigenvalue weighted by Crippen LogP contribution is 2.28. The van der Waals surface area contributed by atoms with E-state index in [1.54, 1.807) is 48.5 Å². The smallest absolute Gasteiger partial charge is 0.339 e. The van der Waals surface area contributed by atoms with E-state index in [1.165, 1.54) is 14.2 Å². The second-order valence-corrected chi connectivity index (χ2v) is 4.47. The van der Waals surface area contributed by atoms with Crippen molar-refractivity contribution in [3.63, 3.8) is 0 Å². The zero-order chi connectivity index (χ0) is 15.9. The molecule has 0 spiro atoms. The molecular formula is C18H16O4. The molecule has 2 aromatic rings. The molecule has 0 saturated heterocycles. The summed E-state index contributed by atoms with van der Waals surface area (Å²) in [7, 11) is 2.57. The Hall–Kier alpha value is -2.88. The van der Waals surface area contributed by atoms with Crippen LogP contribution in [0.25, 0.3) is 11.1 Å². The summed E-state index contributed by atoms with van der Waals surface area (Å²) in [6.07, 6.45) is 0. The van der Waals surface area contributed by atoms with E-state index in [2.05, 4.69) is 0 Å². The van der Waals surface area contributed by atoms with Gasteiger partial charge in [-0.25, -0.2) is 9.59 Å². The third kappa shape index (κ3) is 3.23. The van der Waals surface area contributed by atoms with Gasteiger partial charge in [-0.1, -0.05) is 60.7 Å². The van der Waals surface area contributed by atoms with E-state index in [4.69, 9.17) is 9.47 Å². The Bertz CT molecular complexity index is 626. The van der Waals surface area contributed by atoms with Gasteiger partial charge in [-0.15, -0.1) is 0 Å². The number of hydrogen-bond donors (Lipinski definition) is 0. The summed E-state index contributed by atoms with van der Waals surface area (Å²) >= 11 is 0. The number of ether oxygens (including phenoxy) is 2. The number of rotatable bonds is 4. The summed E-state index contributed by atoms with van der Waals surface area (Å²) < 4.78 is 9.72. The van der Waals surface area contributed by atoms with Gasteiger partial charge < -0.3 is 9.47 Å². The Morgan fingerprint density at radius 1 is 0.636 bits per heavy atom. The van der Waals surface area contributed by atoms with Crippen molar-refractivity contribution in [1.82, 2.24) is 0 Å². The molecule has 0 fully saturated rings. The van der Waals surface area contributed by atoms with Crippen molar-refractivity contribution in [2.75, 3.05) is 14.2 Å². The van der Waals surface area contributed by atoms with Gasteiger partial charge in [-0.3, -0.25) is 0 Å². The Morgan fingerprint density at radius 3 is 1.23 bits per heavy atom. The summed E-state index contributed by atoms with van der Waals surface area (Å²) in [5, 5.41) is 0. The molecule has 0 radical (unpaired) electrons. The number of carbonyl (C=O) groups is 2. The SMILES string of the molecule is COC(=O)/C(=C(/C(=O)OC)c1ccccc1)c1ccccc1. The first-order chi connectivity index (χ1) is 10.7. The molecule has 22 heavy (non-hydrogen) atoms. The maximum atomic E-state index is 12.3. The van der Waals surface area contributed by atoms with E-state index in [-0.39, 0.29) is 11.1 Å². The fourth-order valence-electron chi connectivity index (χ4n) is 2.14. The van der Waals surface area contributed by atoms with Gasteiger partial charge in [0.25, 0.3) is 0 Å². The lowest BCUT2D eigenvalue weighted by molar-refractivity contribution is -0.135. The minimum atomic E-state index is -0.588. The number of benzene rings is 2. The highest BCUT2D eigenvalue weighted by molar-refractivity contribution is 6.37. The van der Waals surface area contributed by atoms with Gasteiger partial charge in [0.1, 0.15) is 0 Å². The van der Waals surface area contributed by atoms with Crippen molar-refractivity contribution in [1.29, 1.82) is 0 Å². The van der Waals surface area contributed by atoms with Gasteiger partial charge in [0.2, 0.25) is 0 Å². The van der Waals surface area contributed by atoms with Crippen LogP contribution in [-0.4, -0.2) is 26.2 Å². The van der Waals surface area contributed by atoms with Crippen molar-refractivity contribution in [3.05, 3.63) is 71.8 Å². The lowest BCUT2D eigenvalue weighted by Crippen LogP contribution is -2.13. The first-order valence-electron chi connectivity index (χ1n) is 6.70. The summed E-state index contributed by atoms with van der Waals surface area (Å²) in [6.45, 7) is 0. The molecule has 2 aromatic carbocycles. The molecule has 0 heterocycles. The van der Waals surface area contributed by atoms with Crippen LogP contribution in [0.5, 0.6) is 0 Å². The molecule has 0 unspecified atom stereocenters. The lowest BCUT2D eigenvalue weighted by atomic mass is 9.94. The maximum absolute atomic E-state index is 12.3.